The highest BCUT2D eigenvalue weighted by molar-refractivity contribution is 5.36. The predicted octanol–water partition coefficient (Wildman–Crippen LogP) is 4.08. The second-order valence-corrected chi connectivity index (χ2v) is 4.60. The normalized spacial score (nSPS) is 13.0. The molecule has 0 saturated heterocycles. The van der Waals surface area contributed by atoms with Crippen LogP contribution in [0, 0.1) is 12.7 Å². The molecule has 0 fully saturated rings. The van der Waals surface area contributed by atoms with Crippen molar-refractivity contribution in [1.29, 1.82) is 0 Å². The molecular formula is C15H13F4NO. The van der Waals surface area contributed by atoms with Gasteiger partial charge in [-0.25, -0.2) is 4.39 Å². The quantitative estimate of drug-likeness (QED) is 0.867. The first-order valence-corrected chi connectivity index (χ1v) is 6.13. The van der Waals surface area contributed by atoms with Crippen molar-refractivity contribution in [1.82, 2.24) is 0 Å². The summed E-state index contributed by atoms with van der Waals surface area (Å²) in [4.78, 5) is 0. The SMILES string of the molecule is Cc1ccc([C@@H](N)c2ccc(OC(F)(F)F)cc2)cc1F. The van der Waals surface area contributed by atoms with Crippen molar-refractivity contribution in [2.45, 2.75) is 19.3 Å². The molecule has 0 saturated carbocycles. The van der Waals surface area contributed by atoms with Crippen molar-refractivity contribution in [3.63, 3.8) is 0 Å². The molecule has 0 spiro atoms. The fourth-order valence-corrected chi connectivity index (χ4v) is 1.87. The second kappa shape index (κ2) is 5.73. The van der Waals surface area contributed by atoms with Gasteiger partial charge in [-0.1, -0.05) is 24.3 Å². The van der Waals surface area contributed by atoms with E-state index in [1.807, 2.05) is 0 Å². The summed E-state index contributed by atoms with van der Waals surface area (Å²) in [5.74, 6) is -0.700. The van der Waals surface area contributed by atoms with Gasteiger partial charge >= 0.3 is 6.36 Å². The number of hydrogen-bond donors (Lipinski definition) is 1. The van der Waals surface area contributed by atoms with Crippen LogP contribution in [0.25, 0.3) is 0 Å². The first kappa shape index (κ1) is 15.3. The van der Waals surface area contributed by atoms with Gasteiger partial charge in [-0.05, 0) is 41.8 Å². The Morgan fingerprint density at radius 2 is 1.57 bits per heavy atom. The number of benzene rings is 2. The van der Waals surface area contributed by atoms with Crippen molar-refractivity contribution in [3.8, 4) is 5.75 Å². The summed E-state index contributed by atoms with van der Waals surface area (Å²) in [6.07, 6.45) is -4.73. The number of halogens is 4. The smallest absolute Gasteiger partial charge is 0.406 e. The Morgan fingerprint density at radius 1 is 1.00 bits per heavy atom. The summed E-state index contributed by atoms with van der Waals surface area (Å²) < 4.78 is 53.5. The van der Waals surface area contributed by atoms with Crippen LogP contribution in [-0.4, -0.2) is 6.36 Å². The molecule has 1 atom stereocenters. The lowest BCUT2D eigenvalue weighted by Gasteiger charge is -2.14. The molecule has 2 aromatic carbocycles. The monoisotopic (exact) mass is 299 g/mol. The van der Waals surface area contributed by atoms with Crippen molar-refractivity contribution >= 4 is 0 Å². The van der Waals surface area contributed by atoms with Crippen molar-refractivity contribution in [2.75, 3.05) is 0 Å². The summed E-state index contributed by atoms with van der Waals surface area (Å²) in [5.41, 5.74) is 7.59. The third-order valence-electron chi connectivity index (χ3n) is 3.03. The van der Waals surface area contributed by atoms with Gasteiger partial charge < -0.3 is 10.5 Å². The zero-order chi connectivity index (χ0) is 15.6. The molecule has 0 bridgehead atoms. The maximum atomic E-state index is 13.5. The van der Waals surface area contributed by atoms with Crippen LogP contribution in [0.4, 0.5) is 17.6 Å². The average Bonchev–Trinajstić information content (AvgIpc) is 2.40. The van der Waals surface area contributed by atoms with Gasteiger partial charge in [-0.3, -0.25) is 0 Å². The molecule has 2 N–H and O–H groups in total. The van der Waals surface area contributed by atoms with Crippen LogP contribution in [0.15, 0.2) is 42.5 Å². The standard InChI is InChI=1S/C15H13F4NO/c1-9-2-3-11(8-13(9)16)14(20)10-4-6-12(7-5-10)21-15(17,18)19/h2-8,14H,20H2,1H3/t14-/m0/s1. The van der Waals surface area contributed by atoms with Crippen LogP contribution in [-0.2, 0) is 0 Å². The molecule has 0 amide bonds. The van der Waals surface area contributed by atoms with Gasteiger partial charge in [0.1, 0.15) is 11.6 Å². The Kier molecular flexibility index (Phi) is 4.18. The Labute approximate surface area is 119 Å². The van der Waals surface area contributed by atoms with Crippen LogP contribution in [0.3, 0.4) is 0 Å². The highest BCUT2D eigenvalue weighted by Crippen LogP contribution is 2.26. The average molecular weight is 299 g/mol. The summed E-state index contributed by atoms with van der Waals surface area (Å²) >= 11 is 0. The van der Waals surface area contributed by atoms with Gasteiger partial charge in [0.25, 0.3) is 0 Å². The lowest BCUT2D eigenvalue weighted by atomic mass is 9.98. The third kappa shape index (κ3) is 3.95. The van der Waals surface area contributed by atoms with E-state index in [4.69, 9.17) is 5.73 Å². The van der Waals surface area contributed by atoms with E-state index in [0.717, 1.165) is 0 Å². The Hall–Kier alpha value is -2.08. The van der Waals surface area contributed by atoms with Gasteiger partial charge in [0.2, 0.25) is 0 Å². The molecule has 0 aliphatic heterocycles. The van der Waals surface area contributed by atoms with Crippen molar-refractivity contribution in [3.05, 3.63) is 65.0 Å². The number of rotatable bonds is 3. The molecule has 0 unspecified atom stereocenters. The minimum absolute atomic E-state index is 0.325. The molecule has 0 aliphatic rings. The Bertz CT molecular complexity index is 623. The van der Waals surface area contributed by atoms with E-state index in [1.54, 1.807) is 19.1 Å². The summed E-state index contributed by atoms with van der Waals surface area (Å²) in [6, 6.07) is 9.17. The number of hydrogen-bond acceptors (Lipinski definition) is 2. The number of nitrogens with two attached hydrogens (primary N) is 1. The molecule has 21 heavy (non-hydrogen) atoms. The topological polar surface area (TPSA) is 35.2 Å². The first-order valence-electron chi connectivity index (χ1n) is 6.13. The predicted molar refractivity (Wildman–Crippen MR) is 70.3 cm³/mol. The first-order chi connectivity index (χ1) is 9.76. The molecule has 2 rings (SSSR count). The Morgan fingerprint density at radius 3 is 2.10 bits per heavy atom. The van der Waals surface area contributed by atoms with Crippen LogP contribution in [0.5, 0.6) is 5.75 Å². The van der Waals surface area contributed by atoms with E-state index in [2.05, 4.69) is 4.74 Å². The van der Waals surface area contributed by atoms with E-state index in [9.17, 15) is 17.6 Å². The molecule has 0 aliphatic carbocycles. The largest absolute Gasteiger partial charge is 0.573 e. The molecule has 112 valence electrons. The van der Waals surface area contributed by atoms with Crippen LogP contribution in [0.2, 0.25) is 0 Å². The number of aryl methyl sites for hydroxylation is 1. The minimum atomic E-state index is -4.73. The second-order valence-electron chi connectivity index (χ2n) is 4.60. The zero-order valence-corrected chi connectivity index (χ0v) is 11.1. The van der Waals surface area contributed by atoms with E-state index >= 15 is 0 Å². The van der Waals surface area contributed by atoms with E-state index < -0.39 is 12.4 Å². The van der Waals surface area contributed by atoms with Gasteiger partial charge in [0.15, 0.2) is 0 Å². The third-order valence-corrected chi connectivity index (χ3v) is 3.03. The maximum Gasteiger partial charge on any atom is 0.573 e. The van der Waals surface area contributed by atoms with Gasteiger partial charge in [0, 0.05) is 0 Å². The molecule has 2 nitrogen and oxygen atoms in total. The summed E-state index contributed by atoms with van der Waals surface area (Å²) in [6.45, 7) is 1.63. The van der Waals surface area contributed by atoms with Crippen molar-refractivity contribution in [2.24, 2.45) is 5.73 Å². The van der Waals surface area contributed by atoms with Gasteiger partial charge in [-0.2, -0.15) is 0 Å². The highest BCUT2D eigenvalue weighted by atomic mass is 19.4. The van der Waals surface area contributed by atoms with Crippen LogP contribution >= 0.6 is 0 Å². The molecule has 6 heteroatoms. The number of ether oxygens (including phenoxy) is 1. The van der Waals surface area contributed by atoms with E-state index in [0.29, 0.717) is 16.7 Å². The van der Waals surface area contributed by atoms with Gasteiger partial charge in [-0.15, -0.1) is 13.2 Å². The fraction of sp³-hybridized carbons (Fsp3) is 0.200. The Balaban J connectivity index is 2.19. The van der Waals surface area contributed by atoms with Crippen molar-refractivity contribution < 1.29 is 22.3 Å². The van der Waals surface area contributed by atoms with Crippen LogP contribution in [0.1, 0.15) is 22.7 Å². The van der Waals surface area contributed by atoms with Gasteiger partial charge in [0.05, 0.1) is 6.04 Å². The maximum absolute atomic E-state index is 13.5. The zero-order valence-electron chi connectivity index (χ0n) is 11.1. The fourth-order valence-electron chi connectivity index (χ4n) is 1.87. The highest BCUT2D eigenvalue weighted by Gasteiger charge is 2.31. The molecular weight excluding hydrogens is 286 g/mol. The molecule has 2 aromatic rings. The van der Waals surface area contributed by atoms with E-state index in [1.165, 1.54) is 30.3 Å². The summed E-state index contributed by atoms with van der Waals surface area (Å²) in [7, 11) is 0. The van der Waals surface area contributed by atoms with Crippen LogP contribution < -0.4 is 10.5 Å². The lowest BCUT2D eigenvalue weighted by Crippen LogP contribution is -2.17. The molecule has 0 aromatic heterocycles. The lowest BCUT2D eigenvalue weighted by molar-refractivity contribution is -0.274. The number of alkyl halides is 3. The molecule has 0 radical (unpaired) electrons. The minimum Gasteiger partial charge on any atom is -0.406 e. The summed E-state index contributed by atoms with van der Waals surface area (Å²) in [5, 5.41) is 0. The van der Waals surface area contributed by atoms with E-state index in [-0.39, 0.29) is 11.6 Å². The molecule has 0 heterocycles.